The summed E-state index contributed by atoms with van der Waals surface area (Å²) in [5, 5.41) is 8.03. The lowest BCUT2D eigenvalue weighted by Gasteiger charge is -1.92. The van der Waals surface area contributed by atoms with Crippen molar-refractivity contribution in [2.75, 3.05) is 0 Å². The number of nitrogens with zero attached hydrogens (tertiary/aromatic N) is 2. The van der Waals surface area contributed by atoms with Gasteiger partial charge in [-0.3, -0.25) is 0 Å². The van der Waals surface area contributed by atoms with Gasteiger partial charge in [0.2, 0.25) is 0 Å². The van der Waals surface area contributed by atoms with Crippen molar-refractivity contribution in [3.05, 3.63) is 17.3 Å². The predicted octanol–water partition coefficient (Wildman–Crippen LogP) is 3.47. The fourth-order valence-corrected chi connectivity index (χ4v) is 1.42. The summed E-state index contributed by atoms with van der Waals surface area (Å²) in [4.78, 5) is 0. The molecule has 2 nitrogen and oxygen atoms in total. The molecule has 0 spiro atoms. The zero-order valence-corrected chi connectivity index (χ0v) is 7.52. The summed E-state index contributed by atoms with van der Waals surface area (Å²) in [6.07, 6.45) is 3.63. The van der Waals surface area contributed by atoms with Gasteiger partial charge in [-0.05, 0) is 31.8 Å². The molecule has 0 bridgehead atoms. The SMILES string of the molecule is CC.CC1=C2CCC[C]2N=N1. The lowest BCUT2D eigenvalue weighted by molar-refractivity contribution is 0.860. The minimum Gasteiger partial charge on any atom is -0.175 e. The van der Waals surface area contributed by atoms with Gasteiger partial charge in [-0.25, -0.2) is 0 Å². The van der Waals surface area contributed by atoms with Crippen LogP contribution in [0.1, 0.15) is 40.0 Å². The quantitative estimate of drug-likeness (QED) is 0.506. The van der Waals surface area contributed by atoms with E-state index in [-0.39, 0.29) is 0 Å². The van der Waals surface area contributed by atoms with Crippen LogP contribution in [0.15, 0.2) is 21.5 Å². The Morgan fingerprint density at radius 3 is 2.45 bits per heavy atom. The Bertz CT molecular complexity index is 192. The maximum absolute atomic E-state index is 4.05. The van der Waals surface area contributed by atoms with Crippen LogP contribution in [0.5, 0.6) is 0 Å². The molecular weight excluding hydrogens is 136 g/mol. The molecule has 1 aliphatic heterocycles. The number of hydrogen-bond donors (Lipinski definition) is 0. The molecular formula is C9H15N2. The first-order valence-electron chi connectivity index (χ1n) is 4.35. The van der Waals surface area contributed by atoms with E-state index < -0.39 is 0 Å². The summed E-state index contributed by atoms with van der Waals surface area (Å²) in [5.74, 6) is 0. The summed E-state index contributed by atoms with van der Waals surface area (Å²) in [6, 6.07) is 1.24. The fourth-order valence-electron chi connectivity index (χ4n) is 1.42. The Kier molecular flexibility index (Phi) is 2.80. The summed E-state index contributed by atoms with van der Waals surface area (Å²) in [6.45, 7) is 6.04. The van der Waals surface area contributed by atoms with Crippen LogP contribution in [0, 0.1) is 6.04 Å². The van der Waals surface area contributed by atoms with Crippen LogP contribution in [-0.4, -0.2) is 0 Å². The molecule has 61 valence electrons. The second kappa shape index (κ2) is 3.65. The second-order valence-corrected chi connectivity index (χ2v) is 2.56. The van der Waals surface area contributed by atoms with Crippen molar-refractivity contribution >= 4 is 0 Å². The third-order valence-electron chi connectivity index (χ3n) is 1.95. The first-order chi connectivity index (χ1) is 5.38. The molecule has 0 amide bonds. The molecule has 2 aliphatic rings. The molecule has 0 N–H and O–H groups in total. The van der Waals surface area contributed by atoms with Crippen LogP contribution in [-0.2, 0) is 0 Å². The molecule has 0 aromatic rings. The van der Waals surface area contributed by atoms with Crippen molar-refractivity contribution in [3.63, 3.8) is 0 Å². The average Bonchev–Trinajstić information content (AvgIpc) is 2.60. The summed E-state index contributed by atoms with van der Waals surface area (Å²) in [7, 11) is 0. The maximum Gasteiger partial charge on any atom is 0.136 e. The van der Waals surface area contributed by atoms with Crippen molar-refractivity contribution in [2.45, 2.75) is 40.0 Å². The fraction of sp³-hybridized carbons (Fsp3) is 0.667. The second-order valence-electron chi connectivity index (χ2n) is 2.56. The summed E-state index contributed by atoms with van der Waals surface area (Å²) >= 11 is 0. The molecule has 1 saturated carbocycles. The van der Waals surface area contributed by atoms with Crippen LogP contribution in [0.4, 0.5) is 0 Å². The third-order valence-corrected chi connectivity index (χ3v) is 1.95. The minimum atomic E-state index is 1.14. The Balaban J connectivity index is 0.000000281. The van der Waals surface area contributed by atoms with Crippen LogP contribution >= 0.6 is 0 Å². The van der Waals surface area contributed by atoms with Gasteiger partial charge in [0.25, 0.3) is 0 Å². The van der Waals surface area contributed by atoms with Crippen LogP contribution < -0.4 is 0 Å². The minimum absolute atomic E-state index is 1.14. The molecule has 0 unspecified atom stereocenters. The monoisotopic (exact) mass is 151 g/mol. The van der Waals surface area contributed by atoms with E-state index in [0.717, 1.165) is 12.1 Å². The molecule has 1 heterocycles. The Labute approximate surface area is 68.4 Å². The molecule has 0 aromatic heterocycles. The Hall–Kier alpha value is -0.660. The standard InChI is InChI=1S/C7H9N2.C2H6/c1-5-6-3-2-4-7(6)9-8-5;1-2/h2-4H2,1H3;1-2H3. The predicted molar refractivity (Wildman–Crippen MR) is 46.0 cm³/mol. The van der Waals surface area contributed by atoms with E-state index >= 15 is 0 Å². The van der Waals surface area contributed by atoms with Crippen molar-refractivity contribution in [3.8, 4) is 0 Å². The third kappa shape index (κ3) is 1.50. The number of azo groups is 1. The van der Waals surface area contributed by atoms with Crippen LogP contribution in [0.2, 0.25) is 0 Å². The zero-order valence-electron chi connectivity index (χ0n) is 7.52. The largest absolute Gasteiger partial charge is 0.175 e. The van der Waals surface area contributed by atoms with E-state index in [1.54, 1.807) is 0 Å². The molecule has 0 saturated heterocycles. The Morgan fingerprint density at radius 1 is 1.09 bits per heavy atom. The van der Waals surface area contributed by atoms with Crippen LogP contribution in [0.3, 0.4) is 0 Å². The highest BCUT2D eigenvalue weighted by Crippen LogP contribution is 2.40. The van der Waals surface area contributed by atoms with Gasteiger partial charge in [-0.15, -0.1) is 0 Å². The van der Waals surface area contributed by atoms with Gasteiger partial charge in [0.1, 0.15) is 6.04 Å². The van der Waals surface area contributed by atoms with Gasteiger partial charge < -0.3 is 0 Å². The molecule has 2 rings (SSSR count). The van der Waals surface area contributed by atoms with E-state index in [1.165, 1.54) is 24.5 Å². The Morgan fingerprint density at radius 2 is 1.82 bits per heavy atom. The van der Waals surface area contributed by atoms with Gasteiger partial charge in [-0.2, -0.15) is 10.2 Å². The number of allylic oxidation sites excluding steroid dienone is 1. The molecule has 0 aromatic carbocycles. The maximum atomic E-state index is 4.05. The van der Waals surface area contributed by atoms with Gasteiger partial charge in [0.05, 0.1) is 5.70 Å². The van der Waals surface area contributed by atoms with Gasteiger partial charge in [0.15, 0.2) is 0 Å². The van der Waals surface area contributed by atoms with Crippen molar-refractivity contribution in [1.82, 2.24) is 0 Å². The van der Waals surface area contributed by atoms with Crippen molar-refractivity contribution < 1.29 is 0 Å². The van der Waals surface area contributed by atoms with Gasteiger partial charge in [-0.1, -0.05) is 13.8 Å². The first kappa shape index (κ1) is 8.44. The lowest BCUT2D eigenvalue weighted by atomic mass is 10.1. The smallest absolute Gasteiger partial charge is 0.136 e. The molecule has 2 heteroatoms. The highest BCUT2D eigenvalue weighted by Gasteiger charge is 2.27. The molecule has 0 atom stereocenters. The lowest BCUT2D eigenvalue weighted by Crippen LogP contribution is -1.82. The molecule has 11 heavy (non-hydrogen) atoms. The topological polar surface area (TPSA) is 24.7 Å². The molecule has 1 fully saturated rings. The summed E-state index contributed by atoms with van der Waals surface area (Å²) in [5.41, 5.74) is 2.55. The normalized spacial score (nSPS) is 21.7. The van der Waals surface area contributed by atoms with Gasteiger partial charge >= 0.3 is 0 Å². The van der Waals surface area contributed by atoms with E-state index in [9.17, 15) is 0 Å². The van der Waals surface area contributed by atoms with E-state index in [2.05, 4.69) is 10.2 Å². The number of hydrogen-bond acceptors (Lipinski definition) is 2. The van der Waals surface area contributed by atoms with Crippen LogP contribution in [0.25, 0.3) is 0 Å². The van der Waals surface area contributed by atoms with E-state index in [4.69, 9.17) is 0 Å². The summed E-state index contributed by atoms with van der Waals surface area (Å²) < 4.78 is 0. The number of rotatable bonds is 0. The molecule has 1 aliphatic carbocycles. The van der Waals surface area contributed by atoms with Crippen molar-refractivity contribution in [2.24, 2.45) is 10.2 Å². The van der Waals surface area contributed by atoms with E-state index in [0.29, 0.717) is 0 Å². The van der Waals surface area contributed by atoms with E-state index in [1.807, 2.05) is 20.8 Å². The highest BCUT2D eigenvalue weighted by molar-refractivity contribution is 5.34. The zero-order chi connectivity index (χ0) is 8.27. The number of fused-ring (bicyclic) bond motifs is 1. The first-order valence-corrected chi connectivity index (χ1v) is 4.35. The highest BCUT2D eigenvalue weighted by atomic mass is 15.2. The van der Waals surface area contributed by atoms with Gasteiger partial charge in [0, 0.05) is 0 Å². The van der Waals surface area contributed by atoms with Crippen molar-refractivity contribution in [1.29, 1.82) is 0 Å². The molecule has 1 radical (unpaired) electrons. The average molecular weight is 151 g/mol.